The Balaban J connectivity index is 1.69. The first-order valence-corrected chi connectivity index (χ1v) is 7.81. The molecule has 3 rings (SSSR count). The van der Waals surface area contributed by atoms with E-state index in [9.17, 15) is 4.79 Å². The summed E-state index contributed by atoms with van der Waals surface area (Å²) in [5.41, 5.74) is 2.73. The molecule has 23 heavy (non-hydrogen) atoms. The predicted octanol–water partition coefficient (Wildman–Crippen LogP) is 3.84. The quantitative estimate of drug-likeness (QED) is 0.911. The maximum absolute atomic E-state index is 12.4. The van der Waals surface area contributed by atoms with Gasteiger partial charge in [-0.05, 0) is 43.2 Å². The van der Waals surface area contributed by atoms with Crippen LogP contribution in [0.5, 0.6) is 0 Å². The average Bonchev–Trinajstić information content (AvgIpc) is 2.57. The first-order valence-electron chi connectivity index (χ1n) is 7.44. The molecule has 0 spiro atoms. The van der Waals surface area contributed by atoms with Crippen molar-refractivity contribution in [3.63, 3.8) is 0 Å². The van der Waals surface area contributed by atoms with Crippen molar-refractivity contribution in [2.24, 2.45) is 0 Å². The fourth-order valence-corrected chi connectivity index (χ4v) is 2.73. The summed E-state index contributed by atoms with van der Waals surface area (Å²) in [5.74, 6) is 0. The monoisotopic (exact) mass is 328 g/mol. The van der Waals surface area contributed by atoms with Gasteiger partial charge in [0.05, 0.1) is 11.9 Å². The minimum Gasteiger partial charge on any atom is -0.318 e. The molecule has 1 atom stereocenters. The van der Waals surface area contributed by atoms with Gasteiger partial charge in [0.15, 0.2) is 0 Å². The lowest BCUT2D eigenvalue weighted by atomic mass is 10.0. The number of anilines is 1. The lowest BCUT2D eigenvalue weighted by Crippen LogP contribution is -2.43. The zero-order chi connectivity index (χ0) is 16.2. The maximum Gasteiger partial charge on any atom is 0.322 e. The second-order valence-electron chi connectivity index (χ2n) is 5.40. The fraction of sp³-hybridized carbons (Fsp3) is 0.235. The number of halogens is 1. The standard InChI is InChI=1S/C17H17ClN4O/c1-12-10-13(16-11-19-7-8-20-16)6-9-22(12)17(23)21-15-4-2-14(18)3-5-15/h2-5,7-8,10-12H,6,9H2,1H3,(H,21,23)/t12-/m1/s1. The van der Waals surface area contributed by atoms with Crippen LogP contribution in [0.2, 0.25) is 5.02 Å². The van der Waals surface area contributed by atoms with E-state index in [4.69, 9.17) is 11.6 Å². The molecule has 0 aliphatic carbocycles. The number of carbonyl (C=O) groups excluding carboxylic acids is 1. The van der Waals surface area contributed by atoms with Gasteiger partial charge in [-0.3, -0.25) is 9.97 Å². The molecule has 2 amide bonds. The number of benzene rings is 1. The van der Waals surface area contributed by atoms with Gasteiger partial charge in [-0.15, -0.1) is 0 Å². The van der Waals surface area contributed by atoms with Crippen LogP contribution in [0.4, 0.5) is 10.5 Å². The number of nitrogens with zero attached hydrogens (tertiary/aromatic N) is 3. The zero-order valence-corrected chi connectivity index (χ0v) is 13.5. The predicted molar refractivity (Wildman–Crippen MR) is 91.3 cm³/mol. The third kappa shape index (κ3) is 3.68. The number of amides is 2. The normalized spacial score (nSPS) is 17.6. The summed E-state index contributed by atoms with van der Waals surface area (Å²) in [7, 11) is 0. The van der Waals surface area contributed by atoms with E-state index < -0.39 is 0 Å². The Morgan fingerprint density at radius 3 is 2.74 bits per heavy atom. The maximum atomic E-state index is 12.4. The number of hydrogen-bond acceptors (Lipinski definition) is 3. The van der Waals surface area contributed by atoms with Gasteiger partial charge in [-0.2, -0.15) is 0 Å². The van der Waals surface area contributed by atoms with E-state index in [0.29, 0.717) is 11.6 Å². The summed E-state index contributed by atoms with van der Waals surface area (Å²) in [6.45, 7) is 2.64. The van der Waals surface area contributed by atoms with E-state index in [1.165, 1.54) is 0 Å². The molecule has 118 valence electrons. The molecule has 1 aromatic carbocycles. The number of nitrogens with one attached hydrogen (secondary N) is 1. The van der Waals surface area contributed by atoms with Crippen LogP contribution >= 0.6 is 11.6 Å². The van der Waals surface area contributed by atoms with Gasteiger partial charge in [-0.25, -0.2) is 4.79 Å². The van der Waals surface area contributed by atoms with Crippen molar-refractivity contribution in [3.05, 3.63) is 59.6 Å². The molecule has 0 bridgehead atoms. The topological polar surface area (TPSA) is 58.1 Å². The Kier molecular flexibility index (Phi) is 4.57. The van der Waals surface area contributed by atoms with Crippen molar-refractivity contribution in [2.75, 3.05) is 11.9 Å². The molecule has 0 radical (unpaired) electrons. The average molecular weight is 329 g/mol. The SMILES string of the molecule is C[C@@H]1C=C(c2cnccn2)CCN1C(=O)Nc1ccc(Cl)cc1. The Morgan fingerprint density at radius 2 is 2.09 bits per heavy atom. The molecule has 5 nitrogen and oxygen atoms in total. The van der Waals surface area contributed by atoms with Crippen LogP contribution in [0.3, 0.4) is 0 Å². The lowest BCUT2D eigenvalue weighted by Gasteiger charge is -2.32. The molecule has 0 fully saturated rings. The summed E-state index contributed by atoms with van der Waals surface area (Å²) in [6.07, 6.45) is 7.91. The summed E-state index contributed by atoms with van der Waals surface area (Å²) < 4.78 is 0. The van der Waals surface area contributed by atoms with Crippen molar-refractivity contribution in [2.45, 2.75) is 19.4 Å². The third-order valence-electron chi connectivity index (χ3n) is 3.80. The second-order valence-corrected chi connectivity index (χ2v) is 5.84. The minimum atomic E-state index is -0.116. The number of aromatic nitrogens is 2. The molecule has 0 unspecified atom stereocenters. The van der Waals surface area contributed by atoms with Gasteiger partial charge < -0.3 is 10.2 Å². The van der Waals surface area contributed by atoms with Gasteiger partial charge in [-0.1, -0.05) is 17.7 Å². The van der Waals surface area contributed by atoms with Crippen molar-refractivity contribution >= 4 is 28.9 Å². The Hall–Kier alpha value is -2.40. The van der Waals surface area contributed by atoms with E-state index in [0.717, 1.165) is 23.4 Å². The molecule has 1 N–H and O–H groups in total. The van der Waals surface area contributed by atoms with Crippen LogP contribution in [0.15, 0.2) is 48.9 Å². The Morgan fingerprint density at radius 1 is 1.30 bits per heavy atom. The molecule has 2 aromatic rings. The van der Waals surface area contributed by atoms with Gasteiger partial charge in [0.25, 0.3) is 0 Å². The van der Waals surface area contributed by atoms with Crippen molar-refractivity contribution in [3.8, 4) is 0 Å². The highest BCUT2D eigenvalue weighted by Crippen LogP contribution is 2.24. The summed E-state index contributed by atoms with van der Waals surface area (Å²) >= 11 is 5.85. The number of urea groups is 1. The first-order chi connectivity index (χ1) is 11.1. The molecule has 2 heterocycles. The molecule has 0 saturated carbocycles. The molecular weight excluding hydrogens is 312 g/mol. The fourth-order valence-electron chi connectivity index (χ4n) is 2.60. The lowest BCUT2D eigenvalue weighted by molar-refractivity contribution is 0.202. The van der Waals surface area contributed by atoms with Crippen molar-refractivity contribution in [1.82, 2.24) is 14.9 Å². The second kappa shape index (κ2) is 6.79. The summed E-state index contributed by atoms with van der Waals surface area (Å²) in [4.78, 5) is 22.6. The van der Waals surface area contributed by atoms with Crippen LogP contribution < -0.4 is 5.32 Å². The van der Waals surface area contributed by atoms with Crippen LogP contribution in [0.1, 0.15) is 19.0 Å². The van der Waals surface area contributed by atoms with Gasteiger partial charge in [0.1, 0.15) is 0 Å². The van der Waals surface area contributed by atoms with Crippen LogP contribution in [0.25, 0.3) is 5.57 Å². The zero-order valence-electron chi connectivity index (χ0n) is 12.7. The van der Waals surface area contributed by atoms with E-state index >= 15 is 0 Å². The van der Waals surface area contributed by atoms with E-state index in [-0.39, 0.29) is 12.1 Å². The van der Waals surface area contributed by atoms with Crippen molar-refractivity contribution < 1.29 is 4.79 Å². The third-order valence-corrected chi connectivity index (χ3v) is 4.06. The molecule has 0 saturated heterocycles. The van der Waals surface area contributed by atoms with E-state index in [1.807, 2.05) is 6.92 Å². The molecule has 1 aliphatic rings. The molecule has 1 aromatic heterocycles. The smallest absolute Gasteiger partial charge is 0.318 e. The highest BCUT2D eigenvalue weighted by atomic mass is 35.5. The van der Waals surface area contributed by atoms with Gasteiger partial charge >= 0.3 is 6.03 Å². The Labute approximate surface area is 140 Å². The van der Waals surface area contributed by atoms with E-state index in [2.05, 4.69) is 21.4 Å². The first kappa shape index (κ1) is 15.5. The molecule has 1 aliphatic heterocycles. The highest BCUT2D eigenvalue weighted by molar-refractivity contribution is 6.30. The minimum absolute atomic E-state index is 0.00643. The van der Waals surface area contributed by atoms with Crippen LogP contribution in [0, 0.1) is 0 Å². The summed E-state index contributed by atoms with van der Waals surface area (Å²) in [6, 6.07) is 6.96. The number of rotatable bonds is 2. The summed E-state index contributed by atoms with van der Waals surface area (Å²) in [5, 5.41) is 3.54. The van der Waals surface area contributed by atoms with Crippen LogP contribution in [-0.2, 0) is 0 Å². The number of carbonyl (C=O) groups is 1. The largest absolute Gasteiger partial charge is 0.322 e. The number of hydrogen-bond donors (Lipinski definition) is 1. The van der Waals surface area contributed by atoms with Gasteiger partial charge in [0.2, 0.25) is 0 Å². The van der Waals surface area contributed by atoms with E-state index in [1.54, 1.807) is 47.8 Å². The van der Waals surface area contributed by atoms with Gasteiger partial charge in [0, 0.05) is 35.7 Å². The Bertz CT molecular complexity index is 715. The van der Waals surface area contributed by atoms with Crippen molar-refractivity contribution in [1.29, 1.82) is 0 Å². The van der Waals surface area contributed by atoms with Crippen LogP contribution in [-0.4, -0.2) is 33.5 Å². The molecular formula is C17H17ClN4O. The highest BCUT2D eigenvalue weighted by Gasteiger charge is 2.24. The molecule has 6 heteroatoms.